The van der Waals surface area contributed by atoms with Gasteiger partial charge in [0.05, 0.1) is 0 Å². The summed E-state index contributed by atoms with van der Waals surface area (Å²) in [6.45, 7) is 5.97. The minimum Gasteiger partial charge on any atom is -0.313 e. The summed E-state index contributed by atoms with van der Waals surface area (Å²) in [5.74, 6) is 0. The van der Waals surface area contributed by atoms with Crippen LogP contribution in [0.1, 0.15) is 26.2 Å². The van der Waals surface area contributed by atoms with Gasteiger partial charge in [-0.1, -0.05) is 6.92 Å². The quantitative estimate of drug-likeness (QED) is 0.611. The van der Waals surface area contributed by atoms with Crippen molar-refractivity contribution in [2.45, 2.75) is 32.2 Å². The molecule has 0 bridgehead atoms. The molecule has 0 aliphatic carbocycles. The van der Waals surface area contributed by atoms with Crippen LogP contribution in [-0.2, 0) is 0 Å². The topological polar surface area (TPSA) is 15.3 Å². The third kappa shape index (κ3) is 3.21. The molecule has 0 amide bonds. The van der Waals surface area contributed by atoms with Gasteiger partial charge in [-0.05, 0) is 39.4 Å². The molecule has 1 atom stereocenters. The van der Waals surface area contributed by atoms with E-state index in [0.29, 0.717) is 0 Å². The molecule has 0 spiro atoms. The summed E-state index contributed by atoms with van der Waals surface area (Å²) in [6.07, 6.45) is 3.94. The van der Waals surface area contributed by atoms with Gasteiger partial charge in [-0.2, -0.15) is 0 Å². The Balaban J connectivity index is 2.29. The van der Waals surface area contributed by atoms with Gasteiger partial charge in [0.25, 0.3) is 0 Å². The monoisotopic (exact) mass is 156 g/mol. The van der Waals surface area contributed by atoms with Crippen LogP contribution in [0, 0.1) is 0 Å². The summed E-state index contributed by atoms with van der Waals surface area (Å²) in [5.41, 5.74) is 0. The number of hydrogen-bond acceptors (Lipinski definition) is 2. The second kappa shape index (κ2) is 4.73. The Bertz CT molecular complexity index is 104. The third-order valence-corrected chi connectivity index (χ3v) is 2.42. The molecule has 11 heavy (non-hydrogen) atoms. The highest BCUT2D eigenvalue weighted by atomic mass is 15.1. The van der Waals surface area contributed by atoms with Gasteiger partial charge in [0.1, 0.15) is 0 Å². The fraction of sp³-hybridized carbons (Fsp3) is 1.00. The number of nitrogens with one attached hydrogen (secondary N) is 1. The largest absolute Gasteiger partial charge is 0.313 e. The van der Waals surface area contributed by atoms with E-state index >= 15 is 0 Å². The van der Waals surface area contributed by atoms with E-state index in [1.54, 1.807) is 0 Å². The summed E-state index contributed by atoms with van der Waals surface area (Å²) >= 11 is 0. The lowest BCUT2D eigenvalue weighted by Crippen LogP contribution is -2.42. The maximum absolute atomic E-state index is 3.56. The molecular weight excluding hydrogens is 136 g/mol. The molecule has 0 radical (unpaired) electrons. The Labute approximate surface area is 70.0 Å². The Kier molecular flexibility index (Phi) is 3.87. The lowest BCUT2D eigenvalue weighted by molar-refractivity contribution is 0.259. The van der Waals surface area contributed by atoms with Crippen molar-refractivity contribution in [2.75, 3.05) is 26.7 Å². The minimum atomic E-state index is 0.722. The molecule has 0 aromatic rings. The van der Waals surface area contributed by atoms with E-state index in [0.717, 1.165) is 6.04 Å². The second-order valence-electron chi connectivity index (χ2n) is 3.53. The Morgan fingerprint density at radius 2 is 2.27 bits per heavy atom. The van der Waals surface area contributed by atoms with Crippen molar-refractivity contribution in [1.29, 1.82) is 0 Å². The third-order valence-electron chi connectivity index (χ3n) is 2.42. The lowest BCUT2D eigenvalue weighted by Gasteiger charge is -2.26. The van der Waals surface area contributed by atoms with E-state index in [-0.39, 0.29) is 0 Å². The Hall–Kier alpha value is -0.0800. The van der Waals surface area contributed by atoms with Gasteiger partial charge in [-0.3, -0.25) is 0 Å². The number of rotatable bonds is 1. The van der Waals surface area contributed by atoms with Crippen molar-refractivity contribution in [1.82, 2.24) is 10.2 Å². The summed E-state index contributed by atoms with van der Waals surface area (Å²) < 4.78 is 0. The Morgan fingerprint density at radius 3 is 3.00 bits per heavy atom. The van der Waals surface area contributed by atoms with Gasteiger partial charge in [0.2, 0.25) is 0 Å². The zero-order valence-corrected chi connectivity index (χ0v) is 7.77. The van der Waals surface area contributed by atoms with Gasteiger partial charge in [0.15, 0.2) is 0 Å². The maximum Gasteiger partial charge on any atom is 0.0192 e. The minimum absolute atomic E-state index is 0.722. The highest BCUT2D eigenvalue weighted by Crippen LogP contribution is 2.01. The van der Waals surface area contributed by atoms with Gasteiger partial charge in [-0.15, -0.1) is 0 Å². The number of nitrogens with zero attached hydrogens (tertiary/aromatic N) is 1. The van der Waals surface area contributed by atoms with E-state index in [1.165, 1.54) is 38.9 Å². The van der Waals surface area contributed by atoms with Crippen molar-refractivity contribution >= 4 is 0 Å². The second-order valence-corrected chi connectivity index (χ2v) is 3.53. The van der Waals surface area contributed by atoms with E-state index in [2.05, 4.69) is 24.2 Å². The van der Waals surface area contributed by atoms with Crippen LogP contribution < -0.4 is 5.32 Å². The highest BCUT2D eigenvalue weighted by molar-refractivity contribution is 4.71. The fourth-order valence-electron chi connectivity index (χ4n) is 1.62. The smallest absolute Gasteiger partial charge is 0.0192 e. The standard InChI is InChI=1S/C9H20N2/c1-3-9-8-11(2)7-5-4-6-10-9/h9-10H,3-8H2,1-2H3/t9-/m1/s1. The van der Waals surface area contributed by atoms with Crippen LogP contribution in [-0.4, -0.2) is 37.6 Å². The molecule has 2 nitrogen and oxygen atoms in total. The molecule has 1 aliphatic heterocycles. The van der Waals surface area contributed by atoms with Gasteiger partial charge in [0, 0.05) is 12.6 Å². The van der Waals surface area contributed by atoms with Crippen LogP contribution in [0.3, 0.4) is 0 Å². The summed E-state index contributed by atoms with van der Waals surface area (Å²) in [5, 5.41) is 3.56. The van der Waals surface area contributed by atoms with E-state index in [9.17, 15) is 0 Å². The number of hydrogen-bond donors (Lipinski definition) is 1. The molecule has 0 aromatic heterocycles. The average molecular weight is 156 g/mol. The van der Waals surface area contributed by atoms with Crippen LogP contribution in [0.5, 0.6) is 0 Å². The van der Waals surface area contributed by atoms with Crippen LogP contribution in [0.4, 0.5) is 0 Å². The summed E-state index contributed by atoms with van der Waals surface area (Å²) in [7, 11) is 2.22. The molecule has 1 fully saturated rings. The number of likely N-dealkylation sites (N-methyl/N-ethyl adjacent to an activating group) is 1. The molecule has 2 heteroatoms. The first kappa shape index (κ1) is 9.01. The molecular formula is C9H20N2. The predicted molar refractivity (Wildman–Crippen MR) is 48.8 cm³/mol. The first-order chi connectivity index (χ1) is 5.33. The zero-order valence-electron chi connectivity index (χ0n) is 7.77. The lowest BCUT2D eigenvalue weighted by atomic mass is 10.1. The van der Waals surface area contributed by atoms with Crippen molar-refractivity contribution < 1.29 is 0 Å². The summed E-state index contributed by atoms with van der Waals surface area (Å²) in [6, 6.07) is 0.722. The maximum atomic E-state index is 3.56. The molecule has 66 valence electrons. The van der Waals surface area contributed by atoms with Crippen molar-refractivity contribution in [3.8, 4) is 0 Å². The molecule has 0 unspecified atom stereocenters. The molecule has 0 aromatic carbocycles. The normalized spacial score (nSPS) is 29.5. The van der Waals surface area contributed by atoms with E-state index in [1.807, 2.05) is 0 Å². The van der Waals surface area contributed by atoms with Crippen LogP contribution >= 0.6 is 0 Å². The fourth-order valence-corrected chi connectivity index (χ4v) is 1.62. The van der Waals surface area contributed by atoms with E-state index in [4.69, 9.17) is 0 Å². The molecule has 0 saturated carbocycles. The van der Waals surface area contributed by atoms with Crippen LogP contribution in [0.2, 0.25) is 0 Å². The van der Waals surface area contributed by atoms with Gasteiger partial charge in [-0.25, -0.2) is 0 Å². The van der Waals surface area contributed by atoms with Crippen LogP contribution in [0.25, 0.3) is 0 Å². The highest BCUT2D eigenvalue weighted by Gasteiger charge is 2.10. The predicted octanol–water partition coefficient (Wildman–Crippen LogP) is 1.08. The van der Waals surface area contributed by atoms with Crippen molar-refractivity contribution in [3.05, 3.63) is 0 Å². The van der Waals surface area contributed by atoms with E-state index < -0.39 is 0 Å². The SMILES string of the molecule is CC[C@@H]1CN(C)CCCCN1. The van der Waals surface area contributed by atoms with Gasteiger partial charge >= 0.3 is 0 Å². The van der Waals surface area contributed by atoms with Crippen LogP contribution in [0.15, 0.2) is 0 Å². The zero-order chi connectivity index (χ0) is 8.10. The van der Waals surface area contributed by atoms with Crippen molar-refractivity contribution in [3.63, 3.8) is 0 Å². The van der Waals surface area contributed by atoms with Crippen molar-refractivity contribution in [2.24, 2.45) is 0 Å². The molecule has 1 aliphatic rings. The Morgan fingerprint density at radius 1 is 1.45 bits per heavy atom. The first-order valence-electron chi connectivity index (χ1n) is 4.75. The molecule has 1 N–H and O–H groups in total. The van der Waals surface area contributed by atoms with Gasteiger partial charge < -0.3 is 10.2 Å². The molecule has 1 heterocycles. The molecule has 1 saturated heterocycles. The summed E-state index contributed by atoms with van der Waals surface area (Å²) in [4.78, 5) is 2.43. The first-order valence-corrected chi connectivity index (χ1v) is 4.75. The average Bonchev–Trinajstić information content (AvgIpc) is 1.96. The molecule has 1 rings (SSSR count).